The Morgan fingerprint density at radius 3 is 1.45 bits per heavy atom. The monoisotopic (exact) mass is 832 g/mol. The summed E-state index contributed by atoms with van der Waals surface area (Å²) in [5.41, 5.74) is 10.4. The molecule has 0 fully saturated rings. The average molecular weight is 835 g/mol. The second kappa shape index (κ2) is 17.9. The maximum atomic E-state index is 6.20. The van der Waals surface area contributed by atoms with Crippen molar-refractivity contribution in [3.8, 4) is 22.3 Å². The van der Waals surface area contributed by atoms with Crippen LogP contribution in [0, 0.1) is 6.08 Å². The fourth-order valence-electron chi connectivity index (χ4n) is 6.96. The number of halogens is 2. The third-order valence-corrected chi connectivity index (χ3v) is 11.5. The van der Waals surface area contributed by atoms with E-state index in [1.165, 1.54) is 93.5 Å². The topological polar surface area (TPSA) is 0 Å². The van der Waals surface area contributed by atoms with Crippen LogP contribution in [0.2, 0.25) is 10.0 Å². The number of rotatable bonds is 5. The van der Waals surface area contributed by atoms with E-state index in [1.807, 2.05) is 36.4 Å². The molecule has 0 aromatic heterocycles. The van der Waals surface area contributed by atoms with Crippen molar-refractivity contribution in [3.05, 3.63) is 196 Å². The van der Waals surface area contributed by atoms with Crippen LogP contribution in [0.4, 0.5) is 0 Å². The van der Waals surface area contributed by atoms with Crippen LogP contribution in [-0.4, -0.2) is 3.21 Å². The van der Waals surface area contributed by atoms with Gasteiger partial charge in [0.1, 0.15) is 0 Å². The van der Waals surface area contributed by atoms with Gasteiger partial charge < -0.3 is 0 Å². The van der Waals surface area contributed by atoms with Crippen LogP contribution >= 0.6 is 23.2 Å². The molecule has 0 aliphatic heterocycles. The molecule has 0 amide bonds. The molecule has 8 rings (SSSR count). The standard InChI is InChI=1S/C33H31Cl2.C14H12.C5H5.Zr/c1-32(2,3)30-18-26-22(16-28(30)20-7-11-24(34)12-8-20)15-23-17-29(21-9-13-25(35)14-10-21)31(19-27(23)26)33(4,5)6;1-3-7-13(8-4-1)11-12-14-9-5-2-6-10-14;1-2-4-5-3-1;/h7-19H,1-6H3;1-10H,11H2;1-3H,4H2;/q-1;;-1;+2. The molecule has 1 aliphatic carbocycles. The maximum absolute atomic E-state index is 6.20. The van der Waals surface area contributed by atoms with Crippen LogP contribution in [0.3, 0.4) is 0 Å². The zero-order valence-corrected chi connectivity index (χ0v) is 36.7. The molecular formula is C52H48Cl2Zr. The minimum absolute atomic E-state index is 0.00283. The van der Waals surface area contributed by atoms with E-state index in [4.69, 9.17) is 23.2 Å². The van der Waals surface area contributed by atoms with Crippen LogP contribution in [0.25, 0.3) is 43.8 Å². The summed E-state index contributed by atoms with van der Waals surface area (Å²) < 4.78 is 1.51. The molecule has 55 heavy (non-hydrogen) atoms. The third-order valence-electron chi connectivity index (χ3n) is 9.84. The number of hydrogen-bond donors (Lipinski definition) is 0. The fourth-order valence-corrected chi connectivity index (χ4v) is 8.13. The van der Waals surface area contributed by atoms with Crippen molar-refractivity contribution in [2.75, 3.05) is 0 Å². The first kappa shape index (κ1) is 40.7. The third kappa shape index (κ3) is 10.5. The molecule has 274 valence electrons. The zero-order valence-electron chi connectivity index (χ0n) is 32.7. The molecule has 0 nitrogen and oxygen atoms in total. The van der Waals surface area contributed by atoms with E-state index in [2.05, 4.69) is 169 Å². The fraction of sp³-hybridized carbons (Fsp3) is 0.192. The van der Waals surface area contributed by atoms with Crippen LogP contribution in [0.5, 0.6) is 0 Å². The van der Waals surface area contributed by atoms with Gasteiger partial charge in [0.25, 0.3) is 0 Å². The van der Waals surface area contributed by atoms with Gasteiger partial charge in [-0.15, -0.1) is 46.2 Å². The van der Waals surface area contributed by atoms with Gasteiger partial charge >= 0.3 is 106 Å². The summed E-state index contributed by atoms with van der Waals surface area (Å²) in [7, 11) is 0. The molecule has 3 heteroatoms. The zero-order chi connectivity index (χ0) is 39.2. The van der Waals surface area contributed by atoms with Crippen molar-refractivity contribution in [1.82, 2.24) is 0 Å². The van der Waals surface area contributed by atoms with Crippen molar-refractivity contribution in [1.29, 1.82) is 0 Å². The van der Waals surface area contributed by atoms with Gasteiger partial charge in [-0.3, -0.25) is 6.08 Å². The first-order valence-corrected chi connectivity index (χ1v) is 20.9. The molecule has 0 N–H and O–H groups in total. The summed E-state index contributed by atoms with van der Waals surface area (Å²) in [5, 5.41) is 6.69. The van der Waals surface area contributed by atoms with Crippen LogP contribution < -0.4 is 0 Å². The molecule has 0 spiro atoms. The van der Waals surface area contributed by atoms with Gasteiger partial charge in [-0.05, 0) is 68.5 Å². The summed E-state index contributed by atoms with van der Waals surface area (Å²) in [6.45, 7) is 13.7. The molecule has 0 heterocycles. The summed E-state index contributed by atoms with van der Waals surface area (Å²) in [6, 6.07) is 49.6. The van der Waals surface area contributed by atoms with Gasteiger partial charge in [-0.2, -0.15) is 6.08 Å². The summed E-state index contributed by atoms with van der Waals surface area (Å²) >= 11 is 13.9. The second-order valence-electron chi connectivity index (χ2n) is 16.1. The van der Waals surface area contributed by atoms with Crippen LogP contribution in [0.15, 0.2) is 158 Å². The normalized spacial score (nSPS) is 12.3. The number of allylic oxidation sites excluding steroid dienone is 4. The van der Waals surface area contributed by atoms with Gasteiger partial charge in [0.05, 0.1) is 0 Å². The molecule has 0 saturated carbocycles. The Balaban J connectivity index is 0.000000210. The predicted molar refractivity (Wildman–Crippen MR) is 238 cm³/mol. The molecule has 0 bridgehead atoms. The van der Waals surface area contributed by atoms with E-state index in [9.17, 15) is 0 Å². The van der Waals surface area contributed by atoms with E-state index in [0.29, 0.717) is 0 Å². The summed E-state index contributed by atoms with van der Waals surface area (Å²) in [4.78, 5) is 0. The van der Waals surface area contributed by atoms with Gasteiger partial charge in [-0.1, -0.05) is 101 Å². The molecule has 7 aromatic rings. The van der Waals surface area contributed by atoms with E-state index < -0.39 is 0 Å². The quantitative estimate of drug-likeness (QED) is 0.152. The van der Waals surface area contributed by atoms with Gasteiger partial charge in [0.15, 0.2) is 0 Å². The minimum atomic E-state index is 0.00283. The van der Waals surface area contributed by atoms with Crippen LogP contribution in [0.1, 0.15) is 70.2 Å². The Kier molecular flexibility index (Phi) is 13.2. The summed E-state index contributed by atoms with van der Waals surface area (Å²) in [6.07, 6.45) is 11.1. The van der Waals surface area contributed by atoms with Crippen molar-refractivity contribution < 1.29 is 24.2 Å². The van der Waals surface area contributed by atoms with Gasteiger partial charge in [0.2, 0.25) is 0 Å². The van der Waals surface area contributed by atoms with E-state index >= 15 is 0 Å². The number of hydrogen-bond acceptors (Lipinski definition) is 0. The molecule has 0 unspecified atom stereocenters. The SMILES string of the molecule is CC(C)(C)c1cc2c(cc1-c1ccc(Cl)cc1)[cH-]c1cc(-c3ccc(Cl)cc3)c(C(C)(C)C)cc12.[C-]1=CC=CC1.[Zr+2]=[C](Cc1ccccc1)c1ccccc1. The van der Waals surface area contributed by atoms with Gasteiger partial charge in [0, 0.05) is 10.0 Å². The number of benzene rings is 6. The van der Waals surface area contributed by atoms with Crippen molar-refractivity contribution in [2.45, 2.75) is 65.2 Å². The van der Waals surface area contributed by atoms with Crippen molar-refractivity contribution in [3.63, 3.8) is 0 Å². The van der Waals surface area contributed by atoms with Crippen molar-refractivity contribution >= 4 is 48.0 Å². The molecule has 7 aromatic carbocycles. The average Bonchev–Trinajstić information content (AvgIpc) is 3.87. The molecule has 0 radical (unpaired) electrons. The molecule has 0 atom stereocenters. The molecule has 1 aliphatic rings. The number of fused-ring (bicyclic) bond motifs is 3. The first-order valence-electron chi connectivity index (χ1n) is 18.9. The molecular weight excluding hydrogens is 787 g/mol. The Morgan fingerprint density at radius 1 is 0.618 bits per heavy atom. The predicted octanol–water partition coefficient (Wildman–Crippen LogP) is 15.2. The Morgan fingerprint density at radius 2 is 1.07 bits per heavy atom. The van der Waals surface area contributed by atoms with Crippen molar-refractivity contribution in [2.24, 2.45) is 0 Å². The van der Waals surface area contributed by atoms with Gasteiger partial charge in [-0.25, -0.2) is 12.2 Å². The molecule has 0 saturated heterocycles. The van der Waals surface area contributed by atoms with E-state index in [-0.39, 0.29) is 10.8 Å². The Hall–Kier alpha value is -4.00. The van der Waals surface area contributed by atoms with Crippen LogP contribution in [-0.2, 0) is 41.5 Å². The first-order chi connectivity index (χ1) is 26.3. The Labute approximate surface area is 353 Å². The van der Waals surface area contributed by atoms with E-state index in [0.717, 1.165) is 22.9 Å². The Bertz CT molecular complexity index is 2310. The van der Waals surface area contributed by atoms with E-state index in [1.54, 1.807) is 0 Å². The summed E-state index contributed by atoms with van der Waals surface area (Å²) in [5.74, 6) is 0. The second-order valence-corrected chi connectivity index (χ2v) is 18.5.